The number of piperidine rings is 1. The Kier molecular flexibility index (Phi) is 4.02. The molecule has 0 bridgehead atoms. The normalized spacial score (nSPS) is 16.6. The van der Waals surface area contributed by atoms with Crippen LogP contribution in [0.25, 0.3) is 0 Å². The lowest BCUT2D eigenvalue weighted by molar-refractivity contribution is 0.385. The Hall–Kier alpha value is -1.81. The van der Waals surface area contributed by atoms with Crippen LogP contribution in [0.2, 0.25) is 0 Å². The SMILES string of the molecule is NCc1coc(N2CCC(Cc3ccccc3)CC2)n1. The molecule has 1 fully saturated rings. The van der Waals surface area contributed by atoms with Crippen molar-refractivity contribution in [1.29, 1.82) is 0 Å². The summed E-state index contributed by atoms with van der Waals surface area (Å²) in [6.07, 6.45) is 5.21. The van der Waals surface area contributed by atoms with Crippen molar-refractivity contribution in [3.8, 4) is 0 Å². The van der Waals surface area contributed by atoms with Gasteiger partial charge < -0.3 is 15.1 Å². The molecule has 0 atom stereocenters. The maximum atomic E-state index is 5.56. The molecule has 1 aromatic heterocycles. The third kappa shape index (κ3) is 3.02. The molecule has 0 saturated carbocycles. The van der Waals surface area contributed by atoms with E-state index in [-0.39, 0.29) is 0 Å². The van der Waals surface area contributed by atoms with Gasteiger partial charge in [0.25, 0.3) is 6.01 Å². The molecule has 2 N–H and O–H groups in total. The lowest BCUT2D eigenvalue weighted by Crippen LogP contribution is -2.34. The molecule has 2 heterocycles. The molecule has 4 heteroatoms. The van der Waals surface area contributed by atoms with Crippen LogP contribution in [-0.2, 0) is 13.0 Å². The minimum absolute atomic E-state index is 0.438. The average molecular weight is 271 g/mol. The zero-order valence-corrected chi connectivity index (χ0v) is 11.7. The molecule has 0 radical (unpaired) electrons. The van der Waals surface area contributed by atoms with Crippen LogP contribution in [-0.4, -0.2) is 18.1 Å². The fourth-order valence-electron chi connectivity index (χ4n) is 2.81. The number of benzene rings is 1. The van der Waals surface area contributed by atoms with Crippen LogP contribution >= 0.6 is 0 Å². The number of anilines is 1. The highest BCUT2D eigenvalue weighted by atomic mass is 16.4. The van der Waals surface area contributed by atoms with Gasteiger partial charge in [0.1, 0.15) is 6.26 Å². The van der Waals surface area contributed by atoms with E-state index in [1.165, 1.54) is 24.8 Å². The summed E-state index contributed by atoms with van der Waals surface area (Å²) >= 11 is 0. The fourth-order valence-corrected chi connectivity index (χ4v) is 2.81. The largest absolute Gasteiger partial charge is 0.432 e. The lowest BCUT2D eigenvalue weighted by Gasteiger charge is -2.30. The second-order valence-electron chi connectivity index (χ2n) is 5.45. The third-order valence-electron chi connectivity index (χ3n) is 4.00. The maximum Gasteiger partial charge on any atom is 0.297 e. The Balaban J connectivity index is 1.54. The van der Waals surface area contributed by atoms with Gasteiger partial charge in [0.15, 0.2) is 0 Å². The van der Waals surface area contributed by atoms with Gasteiger partial charge >= 0.3 is 0 Å². The molecule has 1 saturated heterocycles. The van der Waals surface area contributed by atoms with Crippen molar-refractivity contribution < 1.29 is 4.42 Å². The van der Waals surface area contributed by atoms with Gasteiger partial charge in [0, 0.05) is 19.6 Å². The van der Waals surface area contributed by atoms with Crippen LogP contribution in [0.15, 0.2) is 41.0 Å². The number of nitrogens with zero attached hydrogens (tertiary/aromatic N) is 2. The van der Waals surface area contributed by atoms with Crippen LogP contribution in [0.1, 0.15) is 24.1 Å². The summed E-state index contributed by atoms with van der Waals surface area (Å²) in [5.74, 6) is 0.762. The molecule has 0 aliphatic carbocycles. The third-order valence-corrected chi connectivity index (χ3v) is 4.00. The first-order chi connectivity index (χ1) is 9.85. The smallest absolute Gasteiger partial charge is 0.297 e. The monoisotopic (exact) mass is 271 g/mol. The van der Waals surface area contributed by atoms with Crippen LogP contribution in [0.4, 0.5) is 6.01 Å². The highest BCUT2D eigenvalue weighted by molar-refractivity contribution is 5.28. The van der Waals surface area contributed by atoms with E-state index >= 15 is 0 Å². The Morgan fingerprint density at radius 3 is 2.60 bits per heavy atom. The van der Waals surface area contributed by atoms with Crippen molar-refractivity contribution in [3.05, 3.63) is 47.9 Å². The van der Waals surface area contributed by atoms with Crippen molar-refractivity contribution in [3.63, 3.8) is 0 Å². The molecule has 106 valence electrons. The average Bonchev–Trinajstić information content (AvgIpc) is 2.98. The van der Waals surface area contributed by atoms with Crippen molar-refractivity contribution in [2.24, 2.45) is 11.7 Å². The summed E-state index contributed by atoms with van der Waals surface area (Å²) in [4.78, 5) is 6.62. The Morgan fingerprint density at radius 2 is 1.95 bits per heavy atom. The van der Waals surface area contributed by atoms with E-state index < -0.39 is 0 Å². The van der Waals surface area contributed by atoms with Gasteiger partial charge in [-0.3, -0.25) is 0 Å². The second-order valence-corrected chi connectivity index (χ2v) is 5.45. The minimum atomic E-state index is 0.438. The summed E-state index contributed by atoms with van der Waals surface area (Å²) in [5.41, 5.74) is 7.82. The van der Waals surface area contributed by atoms with E-state index in [2.05, 4.69) is 40.2 Å². The first kappa shape index (κ1) is 13.2. The van der Waals surface area contributed by atoms with Crippen molar-refractivity contribution in [2.45, 2.75) is 25.8 Å². The van der Waals surface area contributed by atoms with Crippen LogP contribution in [0.3, 0.4) is 0 Å². The Morgan fingerprint density at radius 1 is 1.20 bits per heavy atom. The Bertz CT molecular complexity index is 530. The van der Waals surface area contributed by atoms with Gasteiger partial charge in [-0.25, -0.2) is 0 Å². The predicted molar refractivity (Wildman–Crippen MR) is 79.5 cm³/mol. The summed E-state index contributed by atoms with van der Waals surface area (Å²) in [7, 11) is 0. The molecule has 3 rings (SSSR count). The zero-order valence-electron chi connectivity index (χ0n) is 11.7. The number of hydrogen-bond donors (Lipinski definition) is 1. The van der Waals surface area contributed by atoms with Gasteiger partial charge in [0.2, 0.25) is 0 Å². The van der Waals surface area contributed by atoms with E-state index in [9.17, 15) is 0 Å². The fraction of sp³-hybridized carbons (Fsp3) is 0.438. The molecule has 1 aliphatic heterocycles. The second kappa shape index (κ2) is 6.09. The summed E-state index contributed by atoms with van der Waals surface area (Å²) < 4.78 is 5.48. The molecular weight excluding hydrogens is 250 g/mol. The molecule has 0 spiro atoms. The van der Waals surface area contributed by atoms with Crippen LogP contribution < -0.4 is 10.6 Å². The van der Waals surface area contributed by atoms with E-state index in [0.29, 0.717) is 6.54 Å². The number of oxazole rings is 1. The minimum Gasteiger partial charge on any atom is -0.432 e. The Labute approximate surface area is 119 Å². The van der Waals surface area contributed by atoms with Gasteiger partial charge in [-0.15, -0.1) is 0 Å². The van der Waals surface area contributed by atoms with Crippen LogP contribution in [0, 0.1) is 5.92 Å². The predicted octanol–water partition coefficient (Wildman–Crippen LogP) is 2.59. The molecule has 20 heavy (non-hydrogen) atoms. The highest BCUT2D eigenvalue weighted by Gasteiger charge is 2.22. The number of rotatable bonds is 4. The standard InChI is InChI=1S/C16H21N3O/c17-11-15-12-20-16(18-15)19-8-6-14(7-9-19)10-13-4-2-1-3-5-13/h1-5,12,14H,6-11,17H2. The molecule has 2 aromatic rings. The first-order valence-corrected chi connectivity index (χ1v) is 7.28. The molecular formula is C16H21N3O. The maximum absolute atomic E-state index is 5.56. The highest BCUT2D eigenvalue weighted by Crippen LogP contribution is 2.25. The molecule has 4 nitrogen and oxygen atoms in total. The van der Waals surface area contributed by atoms with Crippen molar-refractivity contribution >= 4 is 6.01 Å². The van der Waals surface area contributed by atoms with E-state index in [0.717, 1.165) is 30.7 Å². The number of aromatic nitrogens is 1. The number of nitrogens with two attached hydrogens (primary N) is 1. The lowest BCUT2D eigenvalue weighted by atomic mass is 9.90. The molecule has 0 unspecified atom stereocenters. The first-order valence-electron chi connectivity index (χ1n) is 7.28. The molecule has 1 aliphatic rings. The molecule has 1 aromatic carbocycles. The van der Waals surface area contributed by atoms with Crippen molar-refractivity contribution in [1.82, 2.24) is 4.98 Å². The van der Waals surface area contributed by atoms with E-state index in [1.807, 2.05) is 0 Å². The van der Waals surface area contributed by atoms with Gasteiger partial charge in [-0.1, -0.05) is 30.3 Å². The van der Waals surface area contributed by atoms with Crippen LogP contribution in [0.5, 0.6) is 0 Å². The van der Waals surface area contributed by atoms with E-state index in [4.69, 9.17) is 10.2 Å². The summed E-state index contributed by atoms with van der Waals surface area (Å²) in [6, 6.07) is 11.5. The van der Waals surface area contributed by atoms with Gasteiger partial charge in [-0.05, 0) is 30.7 Å². The van der Waals surface area contributed by atoms with E-state index in [1.54, 1.807) is 6.26 Å². The zero-order chi connectivity index (χ0) is 13.8. The summed E-state index contributed by atoms with van der Waals surface area (Å²) in [5, 5.41) is 0. The van der Waals surface area contributed by atoms with Gasteiger partial charge in [0.05, 0.1) is 5.69 Å². The van der Waals surface area contributed by atoms with Gasteiger partial charge in [-0.2, -0.15) is 4.98 Å². The summed E-state index contributed by atoms with van der Waals surface area (Å²) in [6.45, 7) is 2.47. The topological polar surface area (TPSA) is 55.3 Å². The molecule has 0 amide bonds. The quantitative estimate of drug-likeness (QED) is 0.928. The number of hydrogen-bond acceptors (Lipinski definition) is 4. The van der Waals surface area contributed by atoms with Crippen molar-refractivity contribution in [2.75, 3.05) is 18.0 Å².